The van der Waals surface area contributed by atoms with Crippen LogP contribution in [0.25, 0.3) is 0 Å². The summed E-state index contributed by atoms with van der Waals surface area (Å²) in [7, 11) is -1.61. The van der Waals surface area contributed by atoms with Gasteiger partial charge < -0.3 is 13.9 Å². The lowest BCUT2D eigenvalue weighted by Gasteiger charge is -2.49. The summed E-state index contributed by atoms with van der Waals surface area (Å²) in [6.07, 6.45) is 8.89. The second kappa shape index (κ2) is 4.60. The Morgan fingerprint density at radius 2 is 1.79 bits per heavy atom. The van der Waals surface area contributed by atoms with Gasteiger partial charge in [-0.15, -0.1) is 0 Å². The zero-order valence-electron chi connectivity index (χ0n) is 12.5. The SMILES string of the molecule is C[Si](C)(C)OC1=CCC[C@]2(CCCO2)[C@@]12CCCO2. The molecule has 19 heavy (non-hydrogen) atoms. The van der Waals surface area contributed by atoms with Crippen LogP contribution in [0.5, 0.6) is 0 Å². The van der Waals surface area contributed by atoms with E-state index in [4.69, 9.17) is 13.9 Å². The monoisotopic (exact) mass is 282 g/mol. The highest BCUT2D eigenvalue weighted by atomic mass is 28.4. The molecule has 1 aliphatic carbocycles. The number of hydrogen-bond acceptors (Lipinski definition) is 3. The molecule has 3 aliphatic rings. The van der Waals surface area contributed by atoms with E-state index in [0.717, 1.165) is 57.5 Å². The summed E-state index contributed by atoms with van der Waals surface area (Å²) in [5.74, 6) is 1.09. The summed E-state index contributed by atoms with van der Waals surface area (Å²) in [4.78, 5) is 0. The topological polar surface area (TPSA) is 27.7 Å². The highest BCUT2D eigenvalue weighted by Gasteiger charge is 2.61. The van der Waals surface area contributed by atoms with Gasteiger partial charge in [0.1, 0.15) is 11.4 Å². The van der Waals surface area contributed by atoms with Crippen LogP contribution in [-0.2, 0) is 13.9 Å². The van der Waals surface area contributed by atoms with E-state index < -0.39 is 8.32 Å². The zero-order valence-corrected chi connectivity index (χ0v) is 13.5. The molecule has 0 bridgehead atoms. The average molecular weight is 282 g/mol. The second-order valence-electron chi connectivity index (χ2n) is 7.05. The summed E-state index contributed by atoms with van der Waals surface area (Å²) < 4.78 is 18.9. The molecule has 2 fully saturated rings. The molecule has 2 heterocycles. The molecule has 3 nitrogen and oxygen atoms in total. The predicted octanol–water partition coefficient (Wildman–Crippen LogP) is 3.61. The predicted molar refractivity (Wildman–Crippen MR) is 77.6 cm³/mol. The van der Waals surface area contributed by atoms with Crippen molar-refractivity contribution in [2.45, 2.75) is 69.4 Å². The van der Waals surface area contributed by atoms with Crippen LogP contribution in [0.4, 0.5) is 0 Å². The molecule has 3 rings (SSSR count). The average Bonchev–Trinajstić information content (AvgIpc) is 2.93. The third-order valence-electron chi connectivity index (χ3n) is 4.55. The maximum atomic E-state index is 6.40. The normalized spacial score (nSPS) is 39.0. The van der Waals surface area contributed by atoms with Crippen molar-refractivity contribution in [2.24, 2.45) is 0 Å². The smallest absolute Gasteiger partial charge is 0.241 e. The van der Waals surface area contributed by atoms with E-state index in [9.17, 15) is 0 Å². The van der Waals surface area contributed by atoms with Crippen molar-refractivity contribution >= 4 is 8.32 Å². The van der Waals surface area contributed by atoms with Gasteiger partial charge in [0.25, 0.3) is 0 Å². The van der Waals surface area contributed by atoms with E-state index in [0.29, 0.717) is 0 Å². The van der Waals surface area contributed by atoms with Crippen molar-refractivity contribution in [3.05, 3.63) is 11.8 Å². The molecule has 2 atom stereocenters. The maximum Gasteiger partial charge on any atom is 0.241 e. The van der Waals surface area contributed by atoms with Gasteiger partial charge in [-0.05, 0) is 64.2 Å². The van der Waals surface area contributed by atoms with Crippen LogP contribution >= 0.6 is 0 Å². The Morgan fingerprint density at radius 3 is 2.37 bits per heavy atom. The summed E-state index contributed by atoms with van der Waals surface area (Å²) in [6, 6.07) is 0. The fraction of sp³-hybridized carbons (Fsp3) is 0.867. The Bertz CT molecular complexity index is 371. The molecule has 0 N–H and O–H groups in total. The first-order valence-corrected chi connectivity index (χ1v) is 11.1. The number of allylic oxidation sites excluding steroid dienone is 1. The number of ether oxygens (including phenoxy) is 2. The Balaban J connectivity index is 1.96. The van der Waals surface area contributed by atoms with Crippen molar-refractivity contribution in [1.82, 2.24) is 0 Å². The van der Waals surface area contributed by atoms with Gasteiger partial charge in [-0.2, -0.15) is 0 Å². The van der Waals surface area contributed by atoms with Gasteiger partial charge in [-0.1, -0.05) is 0 Å². The molecule has 0 aromatic rings. The van der Waals surface area contributed by atoms with E-state index in [2.05, 4.69) is 25.7 Å². The minimum atomic E-state index is -1.61. The van der Waals surface area contributed by atoms with Crippen LogP contribution in [-0.4, -0.2) is 32.7 Å². The highest BCUT2D eigenvalue weighted by molar-refractivity contribution is 6.70. The number of rotatable bonds is 2. The Morgan fingerprint density at radius 1 is 1.05 bits per heavy atom. The van der Waals surface area contributed by atoms with E-state index in [1.165, 1.54) is 0 Å². The van der Waals surface area contributed by atoms with Gasteiger partial charge in [0.2, 0.25) is 8.32 Å². The third-order valence-corrected chi connectivity index (χ3v) is 5.39. The zero-order chi connectivity index (χ0) is 13.6. The van der Waals surface area contributed by atoms with E-state index in [1.807, 2.05) is 0 Å². The summed E-state index contributed by atoms with van der Waals surface area (Å²) >= 11 is 0. The molecule has 2 saturated heterocycles. The van der Waals surface area contributed by atoms with Crippen LogP contribution in [0.1, 0.15) is 38.5 Å². The molecule has 2 aliphatic heterocycles. The maximum absolute atomic E-state index is 6.40. The van der Waals surface area contributed by atoms with E-state index in [1.54, 1.807) is 0 Å². The fourth-order valence-electron chi connectivity index (χ4n) is 3.89. The largest absolute Gasteiger partial charge is 0.545 e. The lowest BCUT2D eigenvalue weighted by molar-refractivity contribution is -0.168. The van der Waals surface area contributed by atoms with Crippen LogP contribution in [0.15, 0.2) is 11.8 Å². The third kappa shape index (κ3) is 2.18. The Kier molecular flexibility index (Phi) is 3.31. The van der Waals surface area contributed by atoms with Crippen LogP contribution in [0.2, 0.25) is 19.6 Å². The Hall–Kier alpha value is -0.323. The van der Waals surface area contributed by atoms with Gasteiger partial charge in [0.05, 0.1) is 0 Å². The first-order chi connectivity index (χ1) is 8.98. The van der Waals surface area contributed by atoms with Crippen molar-refractivity contribution in [1.29, 1.82) is 0 Å². The van der Waals surface area contributed by atoms with Crippen molar-refractivity contribution in [3.63, 3.8) is 0 Å². The molecule has 108 valence electrons. The molecular formula is C15H26O3Si. The number of hydrogen-bond donors (Lipinski definition) is 0. The highest BCUT2D eigenvalue weighted by Crippen LogP contribution is 2.53. The van der Waals surface area contributed by atoms with Gasteiger partial charge in [-0.25, -0.2) is 0 Å². The van der Waals surface area contributed by atoms with Crippen LogP contribution < -0.4 is 0 Å². The van der Waals surface area contributed by atoms with Crippen molar-refractivity contribution < 1.29 is 13.9 Å². The van der Waals surface area contributed by atoms with Crippen LogP contribution in [0.3, 0.4) is 0 Å². The molecule has 0 saturated carbocycles. The first-order valence-electron chi connectivity index (χ1n) is 7.65. The minimum absolute atomic E-state index is 0.104. The molecule has 4 heteroatoms. The van der Waals surface area contributed by atoms with E-state index >= 15 is 0 Å². The molecule has 2 spiro atoms. The standard InChI is InChI=1S/C15H26O3Si/c1-19(2,3)18-13-7-4-8-14(9-5-11-16-14)15(13)10-6-12-17-15/h7H,4-6,8-12H2,1-3H3/t14-,15+/m0/s1. The number of fused-ring (bicyclic) bond motifs is 1. The Labute approximate surface area is 117 Å². The van der Waals surface area contributed by atoms with Gasteiger partial charge in [-0.3, -0.25) is 0 Å². The fourth-order valence-corrected chi connectivity index (χ4v) is 4.80. The first kappa shape index (κ1) is 13.7. The molecular weight excluding hydrogens is 256 g/mol. The quantitative estimate of drug-likeness (QED) is 0.724. The minimum Gasteiger partial charge on any atom is -0.545 e. The second-order valence-corrected chi connectivity index (χ2v) is 11.5. The molecule has 0 aromatic carbocycles. The van der Waals surface area contributed by atoms with Gasteiger partial charge >= 0.3 is 0 Å². The molecule has 0 amide bonds. The van der Waals surface area contributed by atoms with Gasteiger partial charge in [0, 0.05) is 13.2 Å². The molecule has 0 radical (unpaired) electrons. The van der Waals surface area contributed by atoms with Crippen molar-refractivity contribution in [3.8, 4) is 0 Å². The molecule has 0 aromatic heterocycles. The van der Waals surface area contributed by atoms with Gasteiger partial charge in [0.15, 0.2) is 5.60 Å². The van der Waals surface area contributed by atoms with E-state index in [-0.39, 0.29) is 11.2 Å². The molecule has 0 unspecified atom stereocenters. The lowest BCUT2D eigenvalue weighted by Crippen LogP contribution is -2.57. The summed E-state index contributed by atoms with van der Waals surface area (Å²) in [5.41, 5.74) is -0.380. The van der Waals surface area contributed by atoms with Crippen molar-refractivity contribution in [2.75, 3.05) is 13.2 Å². The lowest BCUT2D eigenvalue weighted by atomic mass is 9.71. The van der Waals surface area contributed by atoms with Crippen LogP contribution in [0, 0.1) is 0 Å². The summed E-state index contributed by atoms with van der Waals surface area (Å²) in [5, 5.41) is 0. The summed E-state index contributed by atoms with van der Waals surface area (Å²) in [6.45, 7) is 8.46.